The molecule has 2 amide bonds. The maximum Gasteiger partial charge on any atom is 0.272 e. The van der Waals surface area contributed by atoms with Crippen LogP contribution in [-0.4, -0.2) is 43.0 Å². The summed E-state index contributed by atoms with van der Waals surface area (Å²) in [6.07, 6.45) is 7.41. The van der Waals surface area contributed by atoms with Crippen LogP contribution in [0.25, 0.3) is 0 Å². The van der Waals surface area contributed by atoms with Gasteiger partial charge in [0.05, 0.1) is 30.8 Å². The monoisotopic (exact) mass is 384 g/mol. The minimum Gasteiger partial charge on any atom is -0.345 e. The van der Waals surface area contributed by atoms with Gasteiger partial charge in [0.2, 0.25) is 5.91 Å². The van der Waals surface area contributed by atoms with Gasteiger partial charge in [0.25, 0.3) is 5.91 Å². The Kier molecular flexibility index (Phi) is 5.19. The van der Waals surface area contributed by atoms with Crippen molar-refractivity contribution in [3.05, 3.63) is 35.2 Å². The molecule has 0 radical (unpaired) electrons. The van der Waals surface area contributed by atoms with Gasteiger partial charge >= 0.3 is 0 Å². The number of amides is 2. The van der Waals surface area contributed by atoms with Crippen LogP contribution in [-0.2, 0) is 30.8 Å². The summed E-state index contributed by atoms with van der Waals surface area (Å²) in [6.45, 7) is 6.76. The zero-order chi connectivity index (χ0) is 19.7. The number of nitrogens with zero attached hydrogens (tertiary/aromatic N) is 4. The third-order valence-corrected chi connectivity index (χ3v) is 5.71. The third kappa shape index (κ3) is 3.68. The first-order valence-electron chi connectivity index (χ1n) is 10.1. The van der Waals surface area contributed by atoms with Gasteiger partial charge in [-0.25, -0.2) is 4.98 Å². The van der Waals surface area contributed by atoms with E-state index in [1.54, 1.807) is 12.5 Å². The molecular formula is C20H28N6O2. The summed E-state index contributed by atoms with van der Waals surface area (Å²) in [5.41, 5.74) is 3.24. The lowest BCUT2D eigenvalue weighted by Crippen LogP contribution is -2.42. The van der Waals surface area contributed by atoms with Crippen LogP contribution < -0.4 is 5.32 Å². The van der Waals surface area contributed by atoms with Gasteiger partial charge in [-0.1, -0.05) is 20.3 Å². The van der Waals surface area contributed by atoms with E-state index >= 15 is 0 Å². The van der Waals surface area contributed by atoms with Gasteiger partial charge in [-0.2, -0.15) is 5.10 Å². The summed E-state index contributed by atoms with van der Waals surface area (Å²) in [7, 11) is 0. The minimum atomic E-state index is -0.187. The molecule has 150 valence electrons. The number of carbonyl (C=O) groups excluding carboxylic acids is 2. The fraction of sp³-hybridized carbons (Fsp3) is 0.600. The Labute approximate surface area is 164 Å². The third-order valence-electron chi connectivity index (χ3n) is 5.71. The van der Waals surface area contributed by atoms with E-state index in [0.29, 0.717) is 37.7 Å². The van der Waals surface area contributed by atoms with Crippen LogP contribution in [0, 0.1) is 11.8 Å². The summed E-state index contributed by atoms with van der Waals surface area (Å²) in [4.78, 5) is 31.2. The molecular weight excluding hydrogens is 356 g/mol. The molecule has 0 spiro atoms. The predicted molar refractivity (Wildman–Crippen MR) is 103 cm³/mol. The normalized spacial score (nSPS) is 16.8. The van der Waals surface area contributed by atoms with Crippen LogP contribution in [0.1, 0.15) is 60.5 Å². The molecule has 28 heavy (non-hydrogen) atoms. The molecule has 1 aliphatic carbocycles. The van der Waals surface area contributed by atoms with Gasteiger partial charge in [-0.15, -0.1) is 0 Å². The Balaban J connectivity index is 1.38. The molecule has 2 aromatic rings. The molecule has 8 heteroatoms. The summed E-state index contributed by atoms with van der Waals surface area (Å²) in [5.74, 6) is 0.764. The highest BCUT2D eigenvalue weighted by Crippen LogP contribution is 2.30. The molecule has 3 heterocycles. The fourth-order valence-corrected chi connectivity index (χ4v) is 3.92. The van der Waals surface area contributed by atoms with Crippen molar-refractivity contribution in [2.45, 2.75) is 59.2 Å². The van der Waals surface area contributed by atoms with Gasteiger partial charge < -0.3 is 14.8 Å². The molecule has 1 fully saturated rings. The zero-order valence-corrected chi connectivity index (χ0v) is 16.6. The average molecular weight is 384 g/mol. The van der Waals surface area contributed by atoms with Gasteiger partial charge in [-0.3, -0.25) is 14.7 Å². The zero-order valence-electron chi connectivity index (χ0n) is 16.6. The lowest BCUT2D eigenvalue weighted by atomic mass is 9.84. The number of fused-ring (bicyclic) bond motifs is 1. The maximum absolute atomic E-state index is 12.7. The quantitative estimate of drug-likeness (QED) is 0.795. The highest BCUT2D eigenvalue weighted by Gasteiger charge is 2.33. The Morgan fingerprint density at radius 1 is 1.36 bits per heavy atom. The Hall–Kier alpha value is -2.64. The molecule has 8 nitrogen and oxygen atoms in total. The minimum absolute atomic E-state index is 0.187. The van der Waals surface area contributed by atoms with Crippen LogP contribution in [0.2, 0.25) is 0 Å². The van der Waals surface area contributed by atoms with E-state index in [1.165, 1.54) is 0 Å². The predicted octanol–water partition coefficient (Wildman–Crippen LogP) is 1.88. The van der Waals surface area contributed by atoms with Crippen LogP contribution in [0.4, 0.5) is 0 Å². The number of nitrogens with one attached hydrogen (secondary N) is 2. The van der Waals surface area contributed by atoms with Gasteiger partial charge in [-0.05, 0) is 25.2 Å². The molecule has 2 N–H and O–H groups in total. The number of aromatic amines is 1. The average Bonchev–Trinajstić information content (AvgIpc) is 3.23. The van der Waals surface area contributed by atoms with Gasteiger partial charge in [0, 0.05) is 30.8 Å². The van der Waals surface area contributed by atoms with Crippen molar-refractivity contribution in [2.24, 2.45) is 11.8 Å². The largest absolute Gasteiger partial charge is 0.345 e. The number of carbonyl (C=O) groups is 2. The molecule has 0 unspecified atom stereocenters. The number of rotatable bonds is 6. The van der Waals surface area contributed by atoms with E-state index < -0.39 is 0 Å². The second-order valence-corrected chi connectivity index (χ2v) is 8.28. The standard InChI is InChI=1S/C20H28N6O2/c1-13(2)10-26-12-21-8-15(26)9-22-19(27)18-16-6-7-25(11-17(16)23-24-18)20(28)14-4-3-5-14/h8,12-14H,3-7,9-11H2,1-2H3,(H,22,27)(H,23,24). The highest BCUT2D eigenvalue weighted by atomic mass is 16.2. The van der Waals surface area contributed by atoms with E-state index in [1.807, 2.05) is 4.90 Å². The molecule has 0 saturated heterocycles. The summed E-state index contributed by atoms with van der Waals surface area (Å²) in [6, 6.07) is 0. The van der Waals surface area contributed by atoms with Crippen LogP contribution in [0.3, 0.4) is 0 Å². The lowest BCUT2D eigenvalue weighted by molar-refractivity contribution is -0.139. The fourth-order valence-electron chi connectivity index (χ4n) is 3.92. The number of imidazole rings is 1. The smallest absolute Gasteiger partial charge is 0.272 e. The molecule has 2 aliphatic rings. The van der Waals surface area contributed by atoms with Crippen molar-refractivity contribution in [3.63, 3.8) is 0 Å². The molecule has 1 aliphatic heterocycles. The summed E-state index contributed by atoms with van der Waals surface area (Å²) < 4.78 is 2.06. The first-order chi connectivity index (χ1) is 13.5. The van der Waals surface area contributed by atoms with Gasteiger partial charge in [0.1, 0.15) is 0 Å². The topological polar surface area (TPSA) is 95.9 Å². The number of hydrogen-bond donors (Lipinski definition) is 2. The number of H-pyrrole nitrogens is 1. The van der Waals surface area contributed by atoms with E-state index in [0.717, 1.165) is 42.8 Å². The second kappa shape index (κ2) is 7.77. The van der Waals surface area contributed by atoms with Crippen molar-refractivity contribution >= 4 is 11.8 Å². The first kappa shape index (κ1) is 18.7. The molecule has 0 bridgehead atoms. The number of hydrogen-bond acceptors (Lipinski definition) is 4. The van der Waals surface area contributed by atoms with Crippen LogP contribution >= 0.6 is 0 Å². The highest BCUT2D eigenvalue weighted by molar-refractivity contribution is 5.94. The molecule has 0 atom stereocenters. The first-order valence-corrected chi connectivity index (χ1v) is 10.1. The van der Waals surface area contributed by atoms with Crippen molar-refractivity contribution in [1.29, 1.82) is 0 Å². The maximum atomic E-state index is 12.7. The van der Waals surface area contributed by atoms with Crippen molar-refractivity contribution in [3.8, 4) is 0 Å². The van der Waals surface area contributed by atoms with E-state index in [-0.39, 0.29) is 17.7 Å². The Morgan fingerprint density at radius 3 is 2.89 bits per heavy atom. The summed E-state index contributed by atoms with van der Waals surface area (Å²) in [5, 5.41) is 10.2. The van der Waals surface area contributed by atoms with E-state index in [9.17, 15) is 9.59 Å². The van der Waals surface area contributed by atoms with E-state index in [4.69, 9.17) is 0 Å². The number of aromatic nitrogens is 4. The van der Waals surface area contributed by atoms with Gasteiger partial charge in [0.15, 0.2) is 5.69 Å². The van der Waals surface area contributed by atoms with E-state index in [2.05, 4.69) is 38.9 Å². The Bertz CT molecular complexity index is 864. The van der Waals surface area contributed by atoms with Crippen molar-refractivity contribution in [1.82, 2.24) is 30.0 Å². The second-order valence-electron chi connectivity index (χ2n) is 8.28. The Morgan fingerprint density at radius 2 is 2.18 bits per heavy atom. The molecule has 0 aromatic carbocycles. The summed E-state index contributed by atoms with van der Waals surface area (Å²) >= 11 is 0. The molecule has 2 aromatic heterocycles. The van der Waals surface area contributed by atoms with Crippen LogP contribution in [0.5, 0.6) is 0 Å². The lowest BCUT2D eigenvalue weighted by Gasteiger charge is -2.33. The molecule has 4 rings (SSSR count). The SMILES string of the molecule is CC(C)Cn1cncc1CNC(=O)c1n[nH]c2c1CCN(C(=O)C1CCC1)C2. The van der Waals surface area contributed by atoms with Crippen molar-refractivity contribution < 1.29 is 9.59 Å². The van der Waals surface area contributed by atoms with Crippen LogP contribution in [0.15, 0.2) is 12.5 Å². The van der Waals surface area contributed by atoms with Crippen molar-refractivity contribution in [2.75, 3.05) is 6.54 Å². The molecule has 1 saturated carbocycles.